The van der Waals surface area contributed by atoms with Crippen molar-refractivity contribution in [3.63, 3.8) is 0 Å². The third kappa shape index (κ3) is 3.86. The van der Waals surface area contributed by atoms with Crippen molar-refractivity contribution in [1.82, 2.24) is 19.7 Å². The Morgan fingerprint density at radius 1 is 1.23 bits per heavy atom. The Morgan fingerprint density at radius 2 is 2.12 bits per heavy atom. The molecule has 0 unspecified atom stereocenters. The molecule has 0 aliphatic heterocycles. The van der Waals surface area contributed by atoms with Crippen molar-refractivity contribution < 1.29 is 14.3 Å². The fourth-order valence-electron chi connectivity index (χ4n) is 2.29. The van der Waals surface area contributed by atoms with Crippen molar-refractivity contribution in [2.24, 2.45) is 0 Å². The highest BCUT2D eigenvalue weighted by Gasteiger charge is 2.09. The fourth-order valence-corrected chi connectivity index (χ4v) is 2.29. The third-order valence-corrected chi connectivity index (χ3v) is 3.54. The molecule has 1 N–H and O–H groups in total. The van der Waals surface area contributed by atoms with Crippen LogP contribution in [0.1, 0.15) is 5.56 Å². The Morgan fingerprint density at radius 3 is 2.85 bits per heavy atom. The Labute approximate surface area is 150 Å². The quantitative estimate of drug-likeness (QED) is 0.686. The number of rotatable bonds is 6. The van der Waals surface area contributed by atoms with Crippen molar-refractivity contribution in [3.8, 4) is 17.3 Å². The maximum Gasteiger partial charge on any atom is 0.248 e. The molecule has 0 radical (unpaired) electrons. The lowest BCUT2D eigenvalue weighted by Crippen LogP contribution is -2.12. The number of amides is 1. The van der Waals surface area contributed by atoms with Crippen LogP contribution in [0.15, 0.2) is 55.3 Å². The van der Waals surface area contributed by atoms with E-state index in [-0.39, 0.29) is 5.91 Å². The maximum atomic E-state index is 12.3. The Kier molecular flexibility index (Phi) is 5.23. The number of hydrogen-bond donors (Lipinski definition) is 1. The van der Waals surface area contributed by atoms with E-state index in [1.54, 1.807) is 50.8 Å². The van der Waals surface area contributed by atoms with Gasteiger partial charge in [0.05, 0.1) is 19.9 Å². The van der Waals surface area contributed by atoms with Gasteiger partial charge in [-0.05, 0) is 30.3 Å². The first-order valence-electron chi connectivity index (χ1n) is 7.72. The average Bonchev–Trinajstić information content (AvgIpc) is 3.21. The van der Waals surface area contributed by atoms with E-state index in [4.69, 9.17) is 9.47 Å². The molecule has 8 nitrogen and oxygen atoms in total. The molecule has 8 heteroatoms. The van der Waals surface area contributed by atoms with Gasteiger partial charge in [0.25, 0.3) is 0 Å². The Bertz CT molecular complexity index is 922. The van der Waals surface area contributed by atoms with Crippen LogP contribution in [0.3, 0.4) is 0 Å². The minimum Gasteiger partial charge on any atom is -0.497 e. The number of carbonyl (C=O) groups excluding carboxylic acids is 1. The van der Waals surface area contributed by atoms with Crippen LogP contribution in [-0.4, -0.2) is 39.9 Å². The molecule has 1 aromatic carbocycles. The molecule has 3 rings (SSSR count). The summed E-state index contributed by atoms with van der Waals surface area (Å²) in [5.74, 6) is 1.46. The van der Waals surface area contributed by atoms with Crippen molar-refractivity contribution in [3.05, 3.63) is 60.8 Å². The highest BCUT2D eigenvalue weighted by atomic mass is 16.5. The molecule has 0 aliphatic carbocycles. The van der Waals surface area contributed by atoms with E-state index < -0.39 is 0 Å². The summed E-state index contributed by atoms with van der Waals surface area (Å²) in [6.07, 6.45) is 7.61. The first kappa shape index (κ1) is 17.2. The van der Waals surface area contributed by atoms with Crippen LogP contribution in [0.4, 0.5) is 5.69 Å². The van der Waals surface area contributed by atoms with E-state index in [1.165, 1.54) is 23.4 Å². The molecule has 0 spiro atoms. The minimum atomic E-state index is -0.308. The molecular formula is C18H17N5O3. The van der Waals surface area contributed by atoms with Crippen LogP contribution in [0.2, 0.25) is 0 Å². The summed E-state index contributed by atoms with van der Waals surface area (Å²) in [6, 6.07) is 8.83. The summed E-state index contributed by atoms with van der Waals surface area (Å²) < 4.78 is 12.0. The molecule has 2 heterocycles. The van der Waals surface area contributed by atoms with E-state index in [1.807, 2.05) is 6.07 Å². The van der Waals surface area contributed by atoms with E-state index in [0.717, 1.165) is 5.56 Å². The van der Waals surface area contributed by atoms with Crippen molar-refractivity contribution in [2.75, 3.05) is 19.5 Å². The van der Waals surface area contributed by atoms with Crippen LogP contribution in [0, 0.1) is 0 Å². The van der Waals surface area contributed by atoms with Gasteiger partial charge in [0.1, 0.15) is 24.2 Å². The summed E-state index contributed by atoms with van der Waals surface area (Å²) in [7, 11) is 3.14. The lowest BCUT2D eigenvalue weighted by molar-refractivity contribution is -0.111. The lowest BCUT2D eigenvalue weighted by atomic mass is 10.1. The monoisotopic (exact) mass is 351 g/mol. The van der Waals surface area contributed by atoms with Crippen LogP contribution in [-0.2, 0) is 4.79 Å². The lowest BCUT2D eigenvalue weighted by Gasteiger charge is -2.08. The van der Waals surface area contributed by atoms with Crippen molar-refractivity contribution in [2.45, 2.75) is 0 Å². The zero-order valence-corrected chi connectivity index (χ0v) is 14.3. The second kappa shape index (κ2) is 7.93. The normalized spacial score (nSPS) is 10.7. The average molecular weight is 351 g/mol. The molecule has 0 atom stereocenters. The number of anilines is 1. The van der Waals surface area contributed by atoms with Crippen LogP contribution < -0.4 is 14.8 Å². The second-order valence-corrected chi connectivity index (χ2v) is 5.15. The van der Waals surface area contributed by atoms with Gasteiger partial charge in [-0.1, -0.05) is 0 Å². The summed E-state index contributed by atoms with van der Waals surface area (Å²) in [5.41, 5.74) is 1.28. The summed E-state index contributed by atoms with van der Waals surface area (Å²) in [5, 5.41) is 6.82. The van der Waals surface area contributed by atoms with Crippen molar-refractivity contribution >= 4 is 17.7 Å². The number of nitrogens with zero attached hydrogens (tertiary/aromatic N) is 4. The van der Waals surface area contributed by atoms with Gasteiger partial charge in [0.15, 0.2) is 5.82 Å². The molecule has 26 heavy (non-hydrogen) atoms. The van der Waals surface area contributed by atoms with Gasteiger partial charge in [0.2, 0.25) is 5.91 Å². The molecule has 132 valence electrons. The van der Waals surface area contributed by atoms with Crippen LogP contribution in [0.5, 0.6) is 11.5 Å². The first-order chi connectivity index (χ1) is 12.7. The molecule has 0 aliphatic rings. The molecule has 2 aromatic heterocycles. The maximum absolute atomic E-state index is 12.3. The zero-order chi connectivity index (χ0) is 18.4. The molecule has 0 saturated carbocycles. The SMILES string of the molecule is COc1ccc(/C=C/C(=O)Nc2cccnc2-n2cncn2)c(OC)c1. The molecule has 1 amide bonds. The zero-order valence-electron chi connectivity index (χ0n) is 14.3. The minimum absolute atomic E-state index is 0.308. The number of methoxy groups -OCH3 is 2. The van der Waals surface area contributed by atoms with Crippen LogP contribution >= 0.6 is 0 Å². The van der Waals surface area contributed by atoms with Gasteiger partial charge in [-0.3, -0.25) is 4.79 Å². The number of nitrogens with one attached hydrogen (secondary N) is 1. The van der Waals surface area contributed by atoms with E-state index in [9.17, 15) is 4.79 Å². The number of aromatic nitrogens is 4. The van der Waals surface area contributed by atoms with Gasteiger partial charge in [0, 0.05) is 23.9 Å². The standard InChI is InChI=1S/C18H17N5O3/c1-25-14-7-5-13(16(10-14)26-2)6-8-17(24)22-15-4-3-9-20-18(15)23-12-19-11-21-23/h3-12H,1-2H3,(H,22,24)/b8-6+. The first-order valence-corrected chi connectivity index (χ1v) is 7.72. The summed E-state index contributed by atoms with van der Waals surface area (Å²) in [4.78, 5) is 20.4. The third-order valence-electron chi connectivity index (χ3n) is 3.54. The highest BCUT2D eigenvalue weighted by molar-refractivity contribution is 6.03. The summed E-state index contributed by atoms with van der Waals surface area (Å²) in [6.45, 7) is 0. The molecule has 0 bridgehead atoms. The molecular weight excluding hydrogens is 334 g/mol. The highest BCUT2D eigenvalue weighted by Crippen LogP contribution is 2.25. The largest absolute Gasteiger partial charge is 0.497 e. The van der Waals surface area contributed by atoms with Gasteiger partial charge in [-0.2, -0.15) is 5.10 Å². The predicted octanol–water partition coefficient (Wildman–Crippen LogP) is 2.33. The number of pyridine rings is 1. The summed E-state index contributed by atoms with van der Waals surface area (Å²) >= 11 is 0. The Balaban J connectivity index is 1.77. The number of carbonyl (C=O) groups is 1. The predicted molar refractivity (Wildman–Crippen MR) is 96.4 cm³/mol. The molecule has 0 saturated heterocycles. The topological polar surface area (TPSA) is 91.2 Å². The molecule has 0 fully saturated rings. The van der Waals surface area contributed by atoms with E-state index >= 15 is 0 Å². The number of benzene rings is 1. The second-order valence-electron chi connectivity index (χ2n) is 5.15. The van der Waals surface area contributed by atoms with Gasteiger partial charge < -0.3 is 14.8 Å². The van der Waals surface area contributed by atoms with Gasteiger partial charge >= 0.3 is 0 Å². The number of ether oxygens (including phenoxy) is 2. The number of hydrogen-bond acceptors (Lipinski definition) is 6. The fraction of sp³-hybridized carbons (Fsp3) is 0.111. The van der Waals surface area contributed by atoms with E-state index in [0.29, 0.717) is 23.0 Å². The van der Waals surface area contributed by atoms with Crippen molar-refractivity contribution in [1.29, 1.82) is 0 Å². The van der Waals surface area contributed by atoms with Gasteiger partial charge in [-0.15, -0.1) is 0 Å². The Hall–Kier alpha value is -3.68. The van der Waals surface area contributed by atoms with E-state index in [2.05, 4.69) is 20.4 Å². The van der Waals surface area contributed by atoms with Crippen LogP contribution in [0.25, 0.3) is 11.9 Å². The smallest absolute Gasteiger partial charge is 0.248 e. The van der Waals surface area contributed by atoms with Gasteiger partial charge in [-0.25, -0.2) is 14.6 Å². The molecule has 3 aromatic rings.